The summed E-state index contributed by atoms with van der Waals surface area (Å²) in [6.45, 7) is 1.57. The number of carbonyl (C=O) groups is 1. The molecule has 0 radical (unpaired) electrons. The number of carbonyl (C=O) groups excluding carboxylic acids is 1. The van der Waals surface area contributed by atoms with Crippen LogP contribution < -0.4 is 10.6 Å². The van der Waals surface area contributed by atoms with E-state index in [1.54, 1.807) is 38.5 Å². The largest absolute Gasteiger partial charge is 0.398 e. The number of halogens is 1. The fourth-order valence-corrected chi connectivity index (χ4v) is 1.69. The zero-order valence-corrected chi connectivity index (χ0v) is 10.7. The van der Waals surface area contributed by atoms with Crippen LogP contribution in [-0.4, -0.2) is 17.9 Å². The fourth-order valence-electron chi connectivity index (χ4n) is 1.69. The van der Waals surface area contributed by atoms with E-state index < -0.39 is 5.82 Å². The van der Waals surface area contributed by atoms with E-state index in [9.17, 15) is 9.18 Å². The monoisotopic (exact) mass is 259 g/mol. The Balaban J connectivity index is 2.35. The van der Waals surface area contributed by atoms with Crippen molar-refractivity contribution >= 4 is 17.3 Å². The molecule has 2 rings (SSSR count). The van der Waals surface area contributed by atoms with E-state index in [-0.39, 0.29) is 17.2 Å². The molecule has 0 atom stereocenters. The highest BCUT2D eigenvalue weighted by molar-refractivity contribution is 6.06. The smallest absolute Gasteiger partial charge is 0.258 e. The molecular weight excluding hydrogens is 245 g/mol. The van der Waals surface area contributed by atoms with Crippen LogP contribution in [-0.2, 0) is 0 Å². The zero-order chi connectivity index (χ0) is 14.0. The molecule has 2 aromatic rings. The maximum Gasteiger partial charge on any atom is 0.258 e. The number of hydrogen-bond donors (Lipinski definition) is 1. The molecule has 0 fully saturated rings. The molecule has 0 saturated carbocycles. The van der Waals surface area contributed by atoms with E-state index in [1.165, 1.54) is 17.0 Å². The van der Waals surface area contributed by atoms with Gasteiger partial charge < -0.3 is 10.6 Å². The summed E-state index contributed by atoms with van der Waals surface area (Å²) in [5, 5.41) is 0. The van der Waals surface area contributed by atoms with Gasteiger partial charge in [-0.25, -0.2) is 4.39 Å². The van der Waals surface area contributed by atoms with E-state index in [1.807, 2.05) is 0 Å². The molecule has 1 heterocycles. The molecular formula is C14H14FN3O. The Bertz CT molecular complexity index is 590. The van der Waals surface area contributed by atoms with Crippen LogP contribution in [0, 0.1) is 12.7 Å². The second-order valence-electron chi connectivity index (χ2n) is 4.25. The van der Waals surface area contributed by atoms with Crippen LogP contribution in [0.5, 0.6) is 0 Å². The van der Waals surface area contributed by atoms with Crippen LogP contribution in [0.4, 0.5) is 15.8 Å². The van der Waals surface area contributed by atoms with Gasteiger partial charge in [-0.2, -0.15) is 0 Å². The highest BCUT2D eigenvalue weighted by Crippen LogP contribution is 2.20. The Morgan fingerprint density at radius 3 is 2.74 bits per heavy atom. The lowest BCUT2D eigenvalue weighted by Crippen LogP contribution is -2.26. The Morgan fingerprint density at radius 1 is 1.42 bits per heavy atom. The summed E-state index contributed by atoms with van der Waals surface area (Å²) in [5.41, 5.74) is 7.14. The third kappa shape index (κ3) is 2.54. The third-order valence-electron chi connectivity index (χ3n) is 2.97. The van der Waals surface area contributed by atoms with Crippen molar-refractivity contribution in [3.05, 3.63) is 53.6 Å². The number of aromatic nitrogens is 1. The van der Waals surface area contributed by atoms with Crippen LogP contribution in [0.15, 0.2) is 36.7 Å². The van der Waals surface area contributed by atoms with Crippen molar-refractivity contribution in [3.63, 3.8) is 0 Å². The van der Waals surface area contributed by atoms with Gasteiger partial charge in [-0.15, -0.1) is 0 Å². The number of amides is 1. The molecule has 1 amide bonds. The number of nitrogen functional groups attached to an aromatic ring is 1. The maximum absolute atomic E-state index is 13.6. The van der Waals surface area contributed by atoms with Gasteiger partial charge in [-0.1, -0.05) is 0 Å². The average molecular weight is 259 g/mol. The minimum absolute atomic E-state index is 0.215. The summed E-state index contributed by atoms with van der Waals surface area (Å²) in [6.07, 6.45) is 3.18. The first-order valence-electron chi connectivity index (χ1n) is 5.74. The molecule has 0 saturated heterocycles. The zero-order valence-electron chi connectivity index (χ0n) is 10.7. The molecule has 98 valence electrons. The van der Waals surface area contributed by atoms with Gasteiger partial charge in [0, 0.05) is 30.1 Å². The van der Waals surface area contributed by atoms with Crippen molar-refractivity contribution < 1.29 is 9.18 Å². The highest BCUT2D eigenvalue weighted by Gasteiger charge is 2.16. The minimum Gasteiger partial charge on any atom is -0.398 e. The van der Waals surface area contributed by atoms with Crippen LogP contribution in [0.25, 0.3) is 0 Å². The quantitative estimate of drug-likeness (QED) is 0.842. The number of hydrogen-bond acceptors (Lipinski definition) is 3. The van der Waals surface area contributed by atoms with Crippen molar-refractivity contribution in [1.29, 1.82) is 0 Å². The Hall–Kier alpha value is -2.43. The number of pyridine rings is 1. The number of anilines is 2. The van der Waals surface area contributed by atoms with Gasteiger partial charge in [-0.3, -0.25) is 9.78 Å². The molecule has 0 aliphatic carbocycles. The van der Waals surface area contributed by atoms with Gasteiger partial charge in [0.2, 0.25) is 0 Å². The number of benzene rings is 1. The molecule has 0 bridgehead atoms. The molecule has 0 aliphatic heterocycles. The first-order chi connectivity index (χ1) is 9.00. The van der Waals surface area contributed by atoms with Gasteiger partial charge in [0.05, 0.1) is 11.9 Å². The summed E-state index contributed by atoms with van der Waals surface area (Å²) in [5.74, 6) is -0.818. The van der Waals surface area contributed by atoms with Crippen LogP contribution in [0.1, 0.15) is 15.9 Å². The summed E-state index contributed by atoms with van der Waals surface area (Å²) in [7, 11) is 1.60. The summed E-state index contributed by atoms with van der Waals surface area (Å²) < 4.78 is 13.6. The van der Waals surface area contributed by atoms with E-state index in [4.69, 9.17) is 5.73 Å². The third-order valence-corrected chi connectivity index (χ3v) is 2.97. The predicted molar refractivity (Wildman–Crippen MR) is 72.5 cm³/mol. The van der Waals surface area contributed by atoms with Crippen molar-refractivity contribution in [2.75, 3.05) is 17.7 Å². The van der Waals surface area contributed by atoms with Gasteiger partial charge in [-0.05, 0) is 31.2 Å². The van der Waals surface area contributed by atoms with Crippen molar-refractivity contribution in [2.45, 2.75) is 6.92 Å². The first-order valence-corrected chi connectivity index (χ1v) is 5.74. The van der Waals surface area contributed by atoms with Gasteiger partial charge in [0.25, 0.3) is 5.91 Å². The van der Waals surface area contributed by atoms with Crippen molar-refractivity contribution in [3.8, 4) is 0 Å². The summed E-state index contributed by atoms with van der Waals surface area (Å²) in [4.78, 5) is 17.6. The summed E-state index contributed by atoms with van der Waals surface area (Å²) >= 11 is 0. The van der Waals surface area contributed by atoms with E-state index >= 15 is 0 Å². The molecule has 2 N–H and O–H groups in total. The van der Waals surface area contributed by atoms with Crippen LogP contribution in [0.2, 0.25) is 0 Å². The molecule has 1 aromatic heterocycles. The number of rotatable bonds is 2. The molecule has 0 aliphatic rings. The topological polar surface area (TPSA) is 59.2 Å². The number of nitrogens with zero attached hydrogens (tertiary/aromatic N) is 2. The van der Waals surface area contributed by atoms with Crippen LogP contribution >= 0.6 is 0 Å². The minimum atomic E-state index is -0.483. The molecule has 0 unspecified atom stereocenters. The average Bonchev–Trinajstić information content (AvgIpc) is 2.43. The lowest BCUT2D eigenvalue weighted by atomic mass is 10.1. The second kappa shape index (κ2) is 5.06. The molecule has 5 heteroatoms. The maximum atomic E-state index is 13.6. The lowest BCUT2D eigenvalue weighted by Gasteiger charge is -2.17. The van der Waals surface area contributed by atoms with Crippen molar-refractivity contribution in [2.24, 2.45) is 0 Å². The second-order valence-corrected chi connectivity index (χ2v) is 4.25. The van der Waals surface area contributed by atoms with E-state index in [0.29, 0.717) is 11.3 Å². The van der Waals surface area contributed by atoms with Gasteiger partial charge >= 0.3 is 0 Å². The molecule has 4 nitrogen and oxygen atoms in total. The van der Waals surface area contributed by atoms with Crippen LogP contribution in [0.3, 0.4) is 0 Å². The van der Waals surface area contributed by atoms with Crippen molar-refractivity contribution in [1.82, 2.24) is 4.98 Å². The first kappa shape index (κ1) is 13.0. The lowest BCUT2D eigenvalue weighted by molar-refractivity contribution is 0.0992. The standard InChI is InChI=1S/C14H14FN3O/c1-9-12(15)6-10(7-13(9)16)14(19)18(2)11-4-3-5-17-8-11/h3-8H,16H2,1-2H3. The SMILES string of the molecule is Cc1c(N)cc(C(=O)N(C)c2cccnc2)cc1F. The highest BCUT2D eigenvalue weighted by atomic mass is 19.1. The van der Waals surface area contributed by atoms with E-state index in [2.05, 4.69) is 4.98 Å². The van der Waals surface area contributed by atoms with Gasteiger partial charge in [0.1, 0.15) is 5.82 Å². The Labute approximate surface area is 110 Å². The Kier molecular flexibility index (Phi) is 3.46. The normalized spacial score (nSPS) is 10.3. The summed E-state index contributed by atoms with van der Waals surface area (Å²) in [6, 6.07) is 6.15. The molecule has 19 heavy (non-hydrogen) atoms. The molecule has 1 aromatic carbocycles. The fraction of sp³-hybridized carbons (Fsp3) is 0.143. The number of nitrogens with two attached hydrogens (primary N) is 1. The van der Waals surface area contributed by atoms with Gasteiger partial charge in [0.15, 0.2) is 0 Å². The molecule has 0 spiro atoms. The predicted octanol–water partition coefficient (Wildman–Crippen LogP) is 2.39. The Morgan fingerprint density at radius 2 is 2.16 bits per heavy atom. The van der Waals surface area contributed by atoms with E-state index in [0.717, 1.165) is 0 Å².